The van der Waals surface area contributed by atoms with Crippen molar-refractivity contribution in [1.29, 1.82) is 0 Å². The maximum Gasteiger partial charge on any atom is 0.143 e. The van der Waals surface area contributed by atoms with Crippen LogP contribution in [0.4, 0.5) is 8.78 Å². The highest BCUT2D eigenvalue weighted by molar-refractivity contribution is 9.10. The van der Waals surface area contributed by atoms with Crippen LogP contribution in [0.15, 0.2) is 41.1 Å². The third-order valence-electron chi connectivity index (χ3n) is 3.27. The average molecular weight is 355 g/mol. The molecule has 0 saturated heterocycles. The summed E-state index contributed by atoms with van der Waals surface area (Å²) < 4.78 is 28.3. The van der Waals surface area contributed by atoms with Crippen molar-refractivity contribution < 1.29 is 8.78 Å². The maximum absolute atomic E-state index is 14.1. The number of nitrogens with zero attached hydrogens (tertiary/aromatic N) is 1. The van der Waals surface area contributed by atoms with Crippen LogP contribution in [0.2, 0.25) is 0 Å². The van der Waals surface area contributed by atoms with E-state index in [-0.39, 0.29) is 22.5 Å². The second-order valence-corrected chi connectivity index (χ2v) is 5.67. The van der Waals surface area contributed by atoms with Crippen LogP contribution in [-0.4, -0.2) is 11.5 Å². The Bertz CT molecular complexity index is 590. The molecule has 0 aliphatic rings. The molecule has 5 heteroatoms. The van der Waals surface area contributed by atoms with Gasteiger partial charge in [0.25, 0.3) is 0 Å². The van der Waals surface area contributed by atoms with Gasteiger partial charge >= 0.3 is 0 Å². The second-order valence-electron chi connectivity index (χ2n) is 4.82. The molecule has 112 valence electrons. The zero-order valence-corrected chi connectivity index (χ0v) is 13.3. The van der Waals surface area contributed by atoms with Gasteiger partial charge in [0.05, 0.1) is 4.47 Å². The van der Waals surface area contributed by atoms with E-state index in [2.05, 4.69) is 26.2 Å². The first-order valence-electron chi connectivity index (χ1n) is 6.89. The van der Waals surface area contributed by atoms with Crippen molar-refractivity contribution in [2.45, 2.75) is 25.8 Å². The summed E-state index contributed by atoms with van der Waals surface area (Å²) in [6, 6.07) is 6.23. The molecule has 21 heavy (non-hydrogen) atoms. The predicted molar refractivity (Wildman–Crippen MR) is 83.0 cm³/mol. The van der Waals surface area contributed by atoms with Gasteiger partial charge in [-0.1, -0.05) is 13.0 Å². The molecule has 0 amide bonds. The molecule has 0 spiro atoms. The minimum Gasteiger partial charge on any atom is -0.310 e. The van der Waals surface area contributed by atoms with Crippen molar-refractivity contribution in [2.75, 3.05) is 6.54 Å². The first-order chi connectivity index (χ1) is 10.1. The van der Waals surface area contributed by atoms with E-state index in [1.165, 1.54) is 12.1 Å². The average Bonchev–Trinajstić information content (AvgIpc) is 2.51. The summed E-state index contributed by atoms with van der Waals surface area (Å²) in [5.41, 5.74) is 1.01. The van der Waals surface area contributed by atoms with E-state index in [4.69, 9.17) is 0 Å². The topological polar surface area (TPSA) is 24.9 Å². The van der Waals surface area contributed by atoms with Gasteiger partial charge in [0.15, 0.2) is 0 Å². The Hall–Kier alpha value is -1.33. The van der Waals surface area contributed by atoms with Crippen LogP contribution in [0.5, 0.6) is 0 Å². The minimum absolute atomic E-state index is 0.0850. The van der Waals surface area contributed by atoms with E-state index in [1.807, 2.05) is 19.1 Å². The number of rotatable bonds is 6. The number of hydrogen-bond donors (Lipinski definition) is 1. The number of nitrogens with one attached hydrogen (secondary N) is 1. The van der Waals surface area contributed by atoms with E-state index in [9.17, 15) is 8.78 Å². The zero-order chi connectivity index (χ0) is 15.2. The van der Waals surface area contributed by atoms with Crippen LogP contribution in [0.3, 0.4) is 0 Å². The summed E-state index contributed by atoms with van der Waals surface area (Å²) in [5.74, 6) is -1.06. The zero-order valence-electron chi connectivity index (χ0n) is 11.7. The van der Waals surface area contributed by atoms with Crippen molar-refractivity contribution in [3.05, 3.63) is 63.9 Å². The van der Waals surface area contributed by atoms with Crippen molar-refractivity contribution in [2.24, 2.45) is 0 Å². The number of pyridine rings is 1. The van der Waals surface area contributed by atoms with Gasteiger partial charge in [0, 0.05) is 24.0 Å². The molecule has 1 N–H and O–H groups in total. The monoisotopic (exact) mass is 354 g/mol. The maximum atomic E-state index is 14.1. The molecule has 2 rings (SSSR count). The lowest BCUT2D eigenvalue weighted by atomic mass is 9.99. The van der Waals surface area contributed by atoms with Crippen LogP contribution >= 0.6 is 15.9 Å². The minimum atomic E-state index is -0.540. The lowest BCUT2D eigenvalue weighted by Crippen LogP contribution is -2.25. The third kappa shape index (κ3) is 4.08. The van der Waals surface area contributed by atoms with Crippen molar-refractivity contribution in [3.8, 4) is 0 Å². The van der Waals surface area contributed by atoms with Gasteiger partial charge in [0.1, 0.15) is 11.6 Å². The van der Waals surface area contributed by atoms with Crippen LogP contribution in [0, 0.1) is 11.6 Å². The highest BCUT2D eigenvalue weighted by Gasteiger charge is 2.19. The molecule has 0 saturated carbocycles. The van der Waals surface area contributed by atoms with Crippen molar-refractivity contribution in [1.82, 2.24) is 10.3 Å². The van der Waals surface area contributed by atoms with Crippen LogP contribution in [-0.2, 0) is 6.42 Å². The molecule has 1 unspecified atom stereocenters. The normalized spacial score (nSPS) is 12.4. The number of halogens is 3. The molecule has 2 aromatic rings. The fourth-order valence-corrected chi connectivity index (χ4v) is 2.54. The molecule has 1 heterocycles. The molecule has 0 radical (unpaired) electrons. The Balaban J connectivity index is 2.29. The first kappa shape index (κ1) is 16.0. The second kappa shape index (κ2) is 7.61. The van der Waals surface area contributed by atoms with Gasteiger partial charge in [-0.05, 0) is 59.1 Å². The number of aromatic nitrogens is 1. The van der Waals surface area contributed by atoms with E-state index in [0.717, 1.165) is 18.5 Å². The Morgan fingerprint density at radius 3 is 2.76 bits per heavy atom. The highest BCUT2D eigenvalue weighted by atomic mass is 79.9. The summed E-state index contributed by atoms with van der Waals surface area (Å²) in [5, 5.41) is 3.32. The summed E-state index contributed by atoms with van der Waals surface area (Å²) in [4.78, 5) is 4.08. The summed E-state index contributed by atoms with van der Waals surface area (Å²) in [6.45, 7) is 2.82. The lowest BCUT2D eigenvalue weighted by molar-refractivity contribution is 0.487. The van der Waals surface area contributed by atoms with Crippen molar-refractivity contribution >= 4 is 15.9 Å². The molecule has 2 nitrogen and oxygen atoms in total. The van der Waals surface area contributed by atoms with Crippen LogP contribution in [0.1, 0.15) is 30.5 Å². The fourth-order valence-electron chi connectivity index (χ4n) is 2.17. The molecule has 0 aliphatic carbocycles. The van der Waals surface area contributed by atoms with E-state index < -0.39 is 11.6 Å². The van der Waals surface area contributed by atoms with Gasteiger partial charge in [-0.25, -0.2) is 8.78 Å². The van der Waals surface area contributed by atoms with Crippen molar-refractivity contribution in [3.63, 3.8) is 0 Å². The van der Waals surface area contributed by atoms with Gasteiger partial charge in [-0.15, -0.1) is 0 Å². The van der Waals surface area contributed by atoms with Gasteiger partial charge < -0.3 is 5.32 Å². The Labute approximate surface area is 131 Å². The quantitative estimate of drug-likeness (QED) is 0.777. The third-order valence-corrected chi connectivity index (χ3v) is 3.89. The Morgan fingerprint density at radius 2 is 2.10 bits per heavy atom. The van der Waals surface area contributed by atoms with Gasteiger partial charge in [-0.3, -0.25) is 4.98 Å². The van der Waals surface area contributed by atoms with Gasteiger partial charge in [0.2, 0.25) is 0 Å². The van der Waals surface area contributed by atoms with Crippen LogP contribution < -0.4 is 5.32 Å². The highest BCUT2D eigenvalue weighted by Crippen LogP contribution is 2.26. The molecule has 1 aromatic carbocycles. The molecule has 0 aliphatic heterocycles. The lowest BCUT2D eigenvalue weighted by Gasteiger charge is -2.19. The Kier molecular flexibility index (Phi) is 5.82. The van der Waals surface area contributed by atoms with E-state index >= 15 is 0 Å². The molecule has 0 fully saturated rings. The van der Waals surface area contributed by atoms with E-state index in [0.29, 0.717) is 0 Å². The Morgan fingerprint density at radius 1 is 1.29 bits per heavy atom. The first-order valence-corrected chi connectivity index (χ1v) is 7.68. The smallest absolute Gasteiger partial charge is 0.143 e. The van der Waals surface area contributed by atoms with Crippen LogP contribution in [0.25, 0.3) is 0 Å². The van der Waals surface area contributed by atoms with E-state index in [1.54, 1.807) is 12.4 Å². The molecule has 0 bridgehead atoms. The summed E-state index contributed by atoms with van der Waals surface area (Å²) >= 11 is 3.10. The van der Waals surface area contributed by atoms with Gasteiger partial charge in [-0.2, -0.15) is 0 Å². The standard InChI is InChI=1S/C16H17BrF2N2/c1-2-7-21-15(11-4-3-8-20-10-11)9-12-14(18)6-5-13(17)16(12)19/h3-6,8,10,15,21H,2,7,9H2,1H3. The molecule has 1 atom stereocenters. The summed E-state index contributed by atoms with van der Waals surface area (Å²) in [6.07, 6.45) is 4.59. The molecular weight excluding hydrogens is 338 g/mol. The molecular formula is C16H17BrF2N2. The summed E-state index contributed by atoms with van der Waals surface area (Å²) in [7, 11) is 0. The number of hydrogen-bond acceptors (Lipinski definition) is 2. The molecule has 1 aromatic heterocycles. The number of benzene rings is 1. The SMILES string of the molecule is CCCNC(Cc1c(F)ccc(Br)c1F)c1cccnc1. The largest absolute Gasteiger partial charge is 0.310 e. The predicted octanol–water partition coefficient (Wildman–Crippen LogP) is 4.41. The fraction of sp³-hybridized carbons (Fsp3) is 0.312.